The molecule has 52 heteroatoms. The monoisotopic (exact) mass is 1680 g/mol. The number of hydrogen-bond donors (Lipinski definition) is 32. The fourth-order valence-corrected chi connectivity index (χ4v) is 14.6. The van der Waals surface area contributed by atoms with E-state index in [0.717, 1.165) is 0 Å². The van der Waals surface area contributed by atoms with Gasteiger partial charge >= 0.3 is 0 Å². The van der Waals surface area contributed by atoms with Crippen molar-refractivity contribution in [2.24, 2.45) is 5.73 Å². The van der Waals surface area contributed by atoms with Crippen molar-refractivity contribution >= 4 is 0 Å². The molecule has 0 spiro atoms. The molecule has 0 aromatic rings. The lowest BCUT2D eigenvalue weighted by Gasteiger charge is -2.51. The highest BCUT2D eigenvalue weighted by Gasteiger charge is 2.62. The fraction of sp³-hybridized carbons (Fsp3) is 1.00. The fourth-order valence-electron chi connectivity index (χ4n) is 14.6. The van der Waals surface area contributed by atoms with Gasteiger partial charge < -0.3 is 259 Å². The van der Waals surface area contributed by atoms with Crippen LogP contribution in [0, 0.1) is 0 Å². The minimum atomic E-state index is -2.55. The Morgan fingerprint density at radius 1 is 0.167 bits per heavy atom. The first-order valence-electron chi connectivity index (χ1n) is 36.4. The van der Waals surface area contributed by atoms with Crippen LogP contribution in [0.5, 0.6) is 0 Å². The van der Waals surface area contributed by atoms with Gasteiger partial charge in [-0.15, -0.1) is 0 Å². The van der Waals surface area contributed by atoms with Crippen molar-refractivity contribution in [1.29, 1.82) is 0 Å². The van der Waals surface area contributed by atoms with Crippen LogP contribution in [0.4, 0.5) is 0 Å². The van der Waals surface area contributed by atoms with Gasteiger partial charge in [0, 0.05) is 6.54 Å². The van der Waals surface area contributed by atoms with Crippen molar-refractivity contribution in [1.82, 2.24) is 0 Å². The number of hydrogen-bond acceptors (Lipinski definition) is 52. The summed E-state index contributed by atoms with van der Waals surface area (Å²) in [4.78, 5) is 0. The normalized spacial score (nSPS) is 52.6. The lowest BCUT2D eigenvalue weighted by molar-refractivity contribution is -0.417. The zero-order chi connectivity index (χ0) is 83.5. The molecule has 10 aliphatic heterocycles. The molecule has 0 saturated carbocycles. The Kier molecular flexibility index (Phi) is 34.2. The Labute approximate surface area is 643 Å². The summed E-state index contributed by atoms with van der Waals surface area (Å²) in [6.45, 7) is -11.5. The minimum Gasteiger partial charge on any atom is -0.394 e. The first kappa shape index (κ1) is 94.2. The Bertz CT molecular complexity index is 2850. The summed E-state index contributed by atoms with van der Waals surface area (Å²) in [7, 11) is 0. The molecule has 0 aromatic heterocycles. The van der Waals surface area contributed by atoms with Gasteiger partial charge in [0.05, 0.1) is 72.7 Å². The Morgan fingerprint density at radius 3 is 0.544 bits per heavy atom. The topological polar surface area (TPSA) is 838 Å². The lowest BCUT2D eigenvalue weighted by atomic mass is 9.95. The molecule has 0 bridgehead atoms. The Balaban J connectivity index is 0.893. The smallest absolute Gasteiger partial charge is 0.187 e. The van der Waals surface area contributed by atoms with E-state index in [-0.39, 0.29) is 13.2 Å². The molecule has 10 aliphatic rings. The van der Waals surface area contributed by atoms with Gasteiger partial charge in [-0.25, -0.2) is 0 Å². The SMILES string of the molecule is NCCO[C@H]1OC(CO)[C@@H](O)[C@H](O[C@H]2OC(CO)[C@@H](O)[C@H](O[C@H]3OC(CO)[C@@H](O)[C@H](O)C3O[C@H]3OC(CO)[C@@H](O)[C@H](O)C3O[C@H]3OC(CO)[C@@H](O)[C@H](O)C3O[C@H]3OC(CO)[C@@H](O)[C@H](O[C@H]4OC(CO)[C@@H](O)[C@H](O[C@H]5OC(CO)[C@@H](O)[C@H](O)C5O[C@H]5OC(CO)[C@@H](O)[C@H](O)C5O[C@H]5OC(CO)[C@@H](O)[C@H](O)C5O)C4O)C3O)C2O)C1O. The largest absolute Gasteiger partial charge is 0.394 e. The van der Waals surface area contributed by atoms with Crippen LogP contribution < -0.4 is 5.73 Å². The van der Waals surface area contributed by atoms with E-state index in [1.807, 2.05) is 0 Å². The third kappa shape index (κ3) is 19.6. The molecule has 10 heterocycles. The molecule has 10 fully saturated rings. The zero-order valence-electron chi connectivity index (χ0n) is 60.0. The second-order valence-corrected chi connectivity index (χ2v) is 28.6. The number of aliphatic hydroxyl groups is 31. The highest BCUT2D eigenvalue weighted by atomic mass is 16.8. The van der Waals surface area contributed by atoms with Crippen LogP contribution in [0.3, 0.4) is 0 Å². The molecule has 666 valence electrons. The summed E-state index contributed by atoms with van der Waals surface area (Å²) in [5.41, 5.74) is 5.53. The second-order valence-electron chi connectivity index (χ2n) is 28.6. The van der Waals surface area contributed by atoms with Crippen LogP contribution in [0.2, 0.25) is 0 Å². The molecule has 50 atom stereocenters. The standard InChI is InChI=1S/C62H107NO51/c63-1-2-95-53-40(91)44(29(80)19(9-70)96-53)106-55-42(93)46(31(82)21(11-72)98-55)108-59-51(37(88)27(78)15(5-66)102-59)113-62-52(38(89)28(79)18(8-69)105-62)114-61-49(35(86)25(76)17(7-68)104-61)111-57-41(92)45(30(81)20(10-71)100-57)107-56-43(94)47(32(83)22(12-73)99-56)109-58-50(36(87)26(77)14(4-65)101-58)112-60-48(34(85)24(75)16(6-67)103-60)110-54-39(90)33(84)23(74)13(3-64)97-54/h13-62,64-94H,1-12,63H2/t13?,14?,15?,16?,17?,18?,19?,20?,21?,22?,23-,24-,25-,26-,27-,28-,29-,30-,31-,32-,33+,34+,35+,36+,37+,38+,39?,40?,41?,42?,43?,44+,45+,46+,47+,48?,49?,50?,51?,52?,53+,54-,55-,56-,57-,58-,59-,60-,61-,62-/m1/s1. The number of aliphatic hydroxyl groups excluding tert-OH is 31. The Morgan fingerprint density at radius 2 is 0.325 bits per heavy atom. The van der Waals surface area contributed by atoms with Crippen LogP contribution in [0.25, 0.3) is 0 Å². The van der Waals surface area contributed by atoms with E-state index < -0.39 is 373 Å². The maximum Gasteiger partial charge on any atom is 0.187 e. The maximum absolute atomic E-state index is 12.2. The van der Waals surface area contributed by atoms with Gasteiger partial charge in [-0.3, -0.25) is 0 Å². The quantitative estimate of drug-likeness (QED) is 0.0306. The van der Waals surface area contributed by atoms with Gasteiger partial charge in [-0.1, -0.05) is 0 Å². The molecule has 0 aliphatic carbocycles. The lowest BCUT2D eigenvalue weighted by Crippen LogP contribution is -2.69. The van der Waals surface area contributed by atoms with Crippen molar-refractivity contribution in [2.45, 2.75) is 307 Å². The third-order valence-corrected chi connectivity index (χ3v) is 21.3. The highest BCUT2D eigenvalue weighted by molar-refractivity contribution is 5.04. The predicted molar refractivity (Wildman–Crippen MR) is 342 cm³/mol. The molecular weight excluding hydrogens is 1570 g/mol. The molecule has 0 amide bonds. The number of rotatable bonds is 31. The van der Waals surface area contributed by atoms with Gasteiger partial charge in [-0.2, -0.15) is 0 Å². The van der Waals surface area contributed by atoms with Crippen LogP contribution in [-0.4, -0.2) is 545 Å². The van der Waals surface area contributed by atoms with Crippen LogP contribution in [-0.2, 0) is 94.7 Å². The van der Waals surface area contributed by atoms with E-state index in [1.165, 1.54) is 0 Å². The van der Waals surface area contributed by atoms with E-state index in [2.05, 4.69) is 0 Å². The van der Waals surface area contributed by atoms with Crippen molar-refractivity contribution in [3.05, 3.63) is 0 Å². The van der Waals surface area contributed by atoms with Crippen molar-refractivity contribution < 1.29 is 253 Å². The molecule has 20 unspecified atom stereocenters. The van der Waals surface area contributed by atoms with E-state index in [9.17, 15) is 158 Å². The van der Waals surface area contributed by atoms with Crippen molar-refractivity contribution in [3.8, 4) is 0 Å². The molecule has 0 aromatic carbocycles. The third-order valence-electron chi connectivity index (χ3n) is 21.3. The zero-order valence-corrected chi connectivity index (χ0v) is 60.0. The van der Waals surface area contributed by atoms with E-state index in [1.54, 1.807) is 0 Å². The molecule has 0 radical (unpaired) electrons. The Hall–Kier alpha value is -2.08. The average Bonchev–Trinajstić information content (AvgIpc) is 0.755. The molecule has 33 N–H and O–H groups in total. The summed E-state index contributed by atoms with van der Waals surface area (Å²) in [6, 6.07) is 0. The molecular formula is C62H107NO51. The van der Waals surface area contributed by atoms with Crippen LogP contribution in [0.15, 0.2) is 0 Å². The molecule has 10 rings (SSSR count). The van der Waals surface area contributed by atoms with Crippen LogP contribution >= 0.6 is 0 Å². The molecule has 52 nitrogen and oxygen atoms in total. The summed E-state index contributed by atoms with van der Waals surface area (Å²) >= 11 is 0. The molecule has 114 heavy (non-hydrogen) atoms. The average molecular weight is 1680 g/mol. The second kappa shape index (κ2) is 41.4. The van der Waals surface area contributed by atoms with E-state index in [0.29, 0.717) is 0 Å². The number of ether oxygens (including phenoxy) is 20. The van der Waals surface area contributed by atoms with Crippen molar-refractivity contribution in [2.75, 3.05) is 79.2 Å². The molecule has 10 saturated heterocycles. The van der Waals surface area contributed by atoms with E-state index >= 15 is 0 Å². The summed E-state index contributed by atoms with van der Waals surface area (Å²) in [5, 5.41) is 343. The highest BCUT2D eigenvalue weighted by Crippen LogP contribution is 2.42. The maximum atomic E-state index is 12.2. The van der Waals surface area contributed by atoms with Gasteiger partial charge in [0.25, 0.3) is 0 Å². The van der Waals surface area contributed by atoms with Crippen LogP contribution in [0.1, 0.15) is 0 Å². The van der Waals surface area contributed by atoms with E-state index in [4.69, 9.17) is 100 Å². The van der Waals surface area contributed by atoms with Gasteiger partial charge in [0.2, 0.25) is 0 Å². The summed E-state index contributed by atoms with van der Waals surface area (Å²) in [6.07, 6.45) is -108. The predicted octanol–water partition coefficient (Wildman–Crippen LogP) is -22.8. The first-order chi connectivity index (χ1) is 54.2. The van der Waals surface area contributed by atoms with Crippen molar-refractivity contribution in [3.63, 3.8) is 0 Å². The summed E-state index contributed by atoms with van der Waals surface area (Å²) < 4.78 is 116. The van der Waals surface area contributed by atoms with Gasteiger partial charge in [-0.05, 0) is 0 Å². The number of nitrogens with two attached hydrogens (primary N) is 1. The first-order valence-corrected chi connectivity index (χ1v) is 36.4. The summed E-state index contributed by atoms with van der Waals surface area (Å²) in [5.74, 6) is 0. The van der Waals surface area contributed by atoms with Gasteiger partial charge in [0.15, 0.2) is 62.9 Å². The minimum absolute atomic E-state index is 0.0963. The van der Waals surface area contributed by atoms with Gasteiger partial charge in [0.1, 0.15) is 244 Å².